The molecule has 0 amide bonds. The summed E-state index contributed by atoms with van der Waals surface area (Å²) < 4.78 is 0. The fourth-order valence-corrected chi connectivity index (χ4v) is 2.71. The summed E-state index contributed by atoms with van der Waals surface area (Å²) in [6.07, 6.45) is 7.54. The van der Waals surface area contributed by atoms with E-state index in [1.807, 2.05) is 0 Å². The van der Waals surface area contributed by atoms with Crippen LogP contribution in [0.1, 0.15) is 58.8 Å². The number of ketones is 1. The zero-order valence-electron chi connectivity index (χ0n) is 9.97. The van der Waals surface area contributed by atoms with Crippen molar-refractivity contribution in [2.45, 2.75) is 64.2 Å². The summed E-state index contributed by atoms with van der Waals surface area (Å²) in [5.74, 6) is 1.82. The van der Waals surface area contributed by atoms with Crippen LogP contribution in [0.25, 0.3) is 0 Å². The van der Waals surface area contributed by atoms with E-state index in [4.69, 9.17) is 11.6 Å². The molecule has 1 aliphatic rings. The maximum Gasteiger partial charge on any atom is 0.150 e. The van der Waals surface area contributed by atoms with Crippen molar-refractivity contribution in [1.82, 2.24) is 0 Å². The SMILES string of the molecule is CC(C)CC1CCCCC(=O)C(Cl)CC1. The molecular weight excluding hydrogens is 208 g/mol. The maximum atomic E-state index is 11.5. The number of hydrogen-bond acceptors (Lipinski definition) is 1. The highest BCUT2D eigenvalue weighted by atomic mass is 35.5. The molecule has 2 unspecified atom stereocenters. The maximum absolute atomic E-state index is 11.5. The van der Waals surface area contributed by atoms with E-state index in [1.54, 1.807) is 0 Å². The second-order valence-electron chi connectivity index (χ2n) is 5.25. The van der Waals surface area contributed by atoms with Crippen LogP contribution in [0.3, 0.4) is 0 Å². The summed E-state index contributed by atoms with van der Waals surface area (Å²) in [5.41, 5.74) is 0. The molecule has 0 bridgehead atoms. The lowest BCUT2D eigenvalue weighted by molar-refractivity contribution is -0.118. The van der Waals surface area contributed by atoms with Gasteiger partial charge in [0.15, 0.2) is 5.78 Å². The van der Waals surface area contributed by atoms with Crippen molar-refractivity contribution in [3.8, 4) is 0 Å². The first-order valence-corrected chi connectivity index (χ1v) is 6.70. The molecule has 1 rings (SSSR count). The summed E-state index contributed by atoms with van der Waals surface area (Å²) in [6.45, 7) is 4.55. The minimum atomic E-state index is -0.210. The van der Waals surface area contributed by atoms with Crippen LogP contribution in [0, 0.1) is 11.8 Å². The van der Waals surface area contributed by atoms with Crippen molar-refractivity contribution in [1.29, 1.82) is 0 Å². The highest BCUT2D eigenvalue weighted by molar-refractivity contribution is 6.31. The molecule has 0 heterocycles. The summed E-state index contributed by atoms with van der Waals surface area (Å²) in [6, 6.07) is 0. The number of carbonyl (C=O) groups is 1. The fraction of sp³-hybridized carbons (Fsp3) is 0.923. The molecular formula is C13H23ClO. The van der Waals surface area contributed by atoms with Gasteiger partial charge in [0, 0.05) is 6.42 Å². The first-order chi connectivity index (χ1) is 7.09. The number of halogens is 1. The number of Topliss-reactive ketones (excluding diaryl/α,β-unsaturated/α-hetero) is 1. The summed E-state index contributed by atoms with van der Waals surface area (Å²) in [4.78, 5) is 11.5. The quantitative estimate of drug-likeness (QED) is 0.651. The van der Waals surface area contributed by atoms with Crippen LogP contribution in [0.4, 0.5) is 0 Å². The first kappa shape index (κ1) is 13.0. The Morgan fingerprint density at radius 3 is 2.67 bits per heavy atom. The van der Waals surface area contributed by atoms with Crippen LogP contribution in [-0.4, -0.2) is 11.2 Å². The van der Waals surface area contributed by atoms with E-state index in [0.29, 0.717) is 6.42 Å². The van der Waals surface area contributed by atoms with Gasteiger partial charge in [-0.05, 0) is 37.5 Å². The highest BCUT2D eigenvalue weighted by Crippen LogP contribution is 2.27. The van der Waals surface area contributed by atoms with Gasteiger partial charge in [-0.3, -0.25) is 4.79 Å². The molecule has 88 valence electrons. The summed E-state index contributed by atoms with van der Waals surface area (Å²) >= 11 is 6.07. The molecule has 0 aromatic rings. The summed E-state index contributed by atoms with van der Waals surface area (Å²) in [5, 5.41) is -0.210. The van der Waals surface area contributed by atoms with Gasteiger partial charge in [0.05, 0.1) is 5.38 Å². The average Bonchev–Trinajstić information content (AvgIpc) is 2.23. The van der Waals surface area contributed by atoms with Crippen molar-refractivity contribution < 1.29 is 4.79 Å². The van der Waals surface area contributed by atoms with E-state index in [1.165, 1.54) is 19.3 Å². The van der Waals surface area contributed by atoms with Crippen LogP contribution in [-0.2, 0) is 4.79 Å². The van der Waals surface area contributed by atoms with Crippen molar-refractivity contribution in [3.05, 3.63) is 0 Å². The van der Waals surface area contributed by atoms with E-state index >= 15 is 0 Å². The zero-order valence-corrected chi connectivity index (χ0v) is 10.7. The van der Waals surface area contributed by atoms with Gasteiger partial charge < -0.3 is 0 Å². The van der Waals surface area contributed by atoms with Crippen LogP contribution in [0.15, 0.2) is 0 Å². The predicted octanol–water partition coefficient (Wildman–Crippen LogP) is 4.18. The van der Waals surface area contributed by atoms with E-state index in [0.717, 1.165) is 31.1 Å². The summed E-state index contributed by atoms with van der Waals surface area (Å²) in [7, 11) is 0. The third-order valence-corrected chi connectivity index (χ3v) is 3.73. The molecule has 0 aromatic heterocycles. The molecule has 1 saturated carbocycles. The Balaban J connectivity index is 2.44. The molecule has 2 heteroatoms. The van der Waals surface area contributed by atoms with E-state index in [2.05, 4.69) is 13.8 Å². The third kappa shape index (κ3) is 5.01. The molecule has 15 heavy (non-hydrogen) atoms. The lowest BCUT2D eigenvalue weighted by atomic mass is 9.89. The van der Waals surface area contributed by atoms with Crippen molar-refractivity contribution >= 4 is 17.4 Å². The molecule has 0 aliphatic heterocycles. The fourth-order valence-electron chi connectivity index (χ4n) is 2.48. The number of rotatable bonds is 2. The molecule has 0 spiro atoms. The molecule has 0 N–H and O–H groups in total. The molecule has 0 aromatic carbocycles. The van der Waals surface area contributed by atoms with Crippen LogP contribution in [0.2, 0.25) is 0 Å². The molecule has 0 radical (unpaired) electrons. The van der Waals surface area contributed by atoms with Gasteiger partial charge in [-0.15, -0.1) is 11.6 Å². The molecule has 2 atom stereocenters. The lowest BCUT2D eigenvalue weighted by Gasteiger charge is -2.18. The first-order valence-electron chi connectivity index (χ1n) is 6.26. The topological polar surface area (TPSA) is 17.1 Å². The normalized spacial score (nSPS) is 29.7. The van der Waals surface area contributed by atoms with E-state index in [9.17, 15) is 4.79 Å². The van der Waals surface area contributed by atoms with Gasteiger partial charge in [-0.1, -0.05) is 26.7 Å². The molecule has 1 fully saturated rings. The van der Waals surface area contributed by atoms with Gasteiger partial charge in [0.25, 0.3) is 0 Å². The van der Waals surface area contributed by atoms with E-state index < -0.39 is 0 Å². The van der Waals surface area contributed by atoms with E-state index in [-0.39, 0.29) is 11.2 Å². The van der Waals surface area contributed by atoms with Gasteiger partial charge >= 0.3 is 0 Å². The predicted molar refractivity (Wildman–Crippen MR) is 65.3 cm³/mol. The smallest absolute Gasteiger partial charge is 0.150 e. The largest absolute Gasteiger partial charge is 0.298 e. The van der Waals surface area contributed by atoms with Crippen molar-refractivity contribution in [2.75, 3.05) is 0 Å². The van der Waals surface area contributed by atoms with Crippen LogP contribution < -0.4 is 0 Å². The number of alkyl halides is 1. The Morgan fingerprint density at radius 2 is 2.00 bits per heavy atom. The standard InChI is InChI=1S/C13H23ClO/c1-10(2)9-11-5-3-4-6-13(15)12(14)8-7-11/h10-12H,3-9H2,1-2H3. The third-order valence-electron chi connectivity index (χ3n) is 3.27. The van der Waals surface area contributed by atoms with Crippen molar-refractivity contribution in [3.63, 3.8) is 0 Å². The Labute approximate surface area is 98.6 Å². The minimum absolute atomic E-state index is 0.210. The average molecular weight is 231 g/mol. The Morgan fingerprint density at radius 1 is 1.27 bits per heavy atom. The molecule has 0 saturated heterocycles. The van der Waals surface area contributed by atoms with Crippen LogP contribution >= 0.6 is 11.6 Å². The zero-order chi connectivity index (χ0) is 11.3. The number of hydrogen-bond donors (Lipinski definition) is 0. The van der Waals surface area contributed by atoms with Crippen molar-refractivity contribution in [2.24, 2.45) is 11.8 Å². The van der Waals surface area contributed by atoms with Gasteiger partial charge in [0.1, 0.15) is 0 Å². The Kier molecular flexibility index (Phi) is 5.66. The lowest BCUT2D eigenvalue weighted by Crippen LogP contribution is -2.14. The molecule has 1 nitrogen and oxygen atoms in total. The van der Waals surface area contributed by atoms with Gasteiger partial charge in [0.2, 0.25) is 0 Å². The second-order valence-corrected chi connectivity index (χ2v) is 5.78. The number of carbonyl (C=O) groups excluding carboxylic acids is 1. The van der Waals surface area contributed by atoms with Crippen LogP contribution in [0.5, 0.6) is 0 Å². The molecule has 1 aliphatic carbocycles. The minimum Gasteiger partial charge on any atom is -0.298 e. The Bertz CT molecular complexity index is 201. The highest BCUT2D eigenvalue weighted by Gasteiger charge is 2.20. The van der Waals surface area contributed by atoms with Gasteiger partial charge in [-0.2, -0.15) is 0 Å². The monoisotopic (exact) mass is 230 g/mol. The van der Waals surface area contributed by atoms with Gasteiger partial charge in [-0.25, -0.2) is 0 Å². The Hall–Kier alpha value is -0.0400. The second kappa shape index (κ2) is 6.52.